The summed E-state index contributed by atoms with van der Waals surface area (Å²) >= 11 is 1.61. The second-order valence-corrected chi connectivity index (χ2v) is 10.8. The van der Waals surface area contributed by atoms with Crippen LogP contribution in [-0.2, 0) is 5.41 Å². The number of carbonyl (C=O) groups excluding carboxylic acids is 2. The van der Waals surface area contributed by atoms with Gasteiger partial charge in [0.25, 0.3) is 0 Å². The fourth-order valence-corrected chi connectivity index (χ4v) is 6.72. The molecule has 5 heteroatoms. The number of para-hydroxylation sites is 2. The van der Waals surface area contributed by atoms with Crippen LogP contribution in [0.2, 0.25) is 0 Å². The Hall–Kier alpha value is -4.22. The van der Waals surface area contributed by atoms with E-state index in [4.69, 9.17) is 4.42 Å². The molecule has 0 radical (unpaired) electrons. The number of ketones is 2. The van der Waals surface area contributed by atoms with Crippen molar-refractivity contribution >= 4 is 56.3 Å². The highest BCUT2D eigenvalue weighted by Gasteiger charge is 2.39. The molecule has 1 aliphatic carbocycles. The van der Waals surface area contributed by atoms with Crippen LogP contribution in [-0.4, -0.2) is 11.6 Å². The molecule has 0 saturated heterocycles. The summed E-state index contributed by atoms with van der Waals surface area (Å²) in [6, 6.07) is 26.2. The van der Waals surface area contributed by atoms with Gasteiger partial charge >= 0.3 is 0 Å². The van der Waals surface area contributed by atoms with Crippen molar-refractivity contribution in [1.82, 2.24) is 0 Å². The minimum atomic E-state index is -0.248. The third-order valence-corrected chi connectivity index (χ3v) is 8.37. The second kappa shape index (κ2) is 7.39. The molecule has 5 aromatic rings. The van der Waals surface area contributed by atoms with Gasteiger partial charge in [-0.05, 0) is 59.7 Å². The maximum Gasteiger partial charge on any atom is 0.197 e. The number of hydrogen-bond acceptors (Lipinski definition) is 5. The number of rotatable bonds is 2. The van der Waals surface area contributed by atoms with Crippen molar-refractivity contribution in [3.63, 3.8) is 0 Å². The summed E-state index contributed by atoms with van der Waals surface area (Å²) in [4.78, 5) is 29.7. The van der Waals surface area contributed by atoms with E-state index < -0.39 is 0 Å². The number of anilines is 3. The van der Waals surface area contributed by atoms with Crippen molar-refractivity contribution in [2.75, 3.05) is 4.90 Å². The zero-order valence-corrected chi connectivity index (χ0v) is 20.6. The first-order chi connectivity index (χ1) is 17.4. The van der Waals surface area contributed by atoms with E-state index in [1.54, 1.807) is 41.9 Å². The number of furan rings is 1. The summed E-state index contributed by atoms with van der Waals surface area (Å²) in [5.74, 6) is -0.478. The van der Waals surface area contributed by atoms with Gasteiger partial charge in [0.15, 0.2) is 11.6 Å². The molecule has 0 spiro atoms. The van der Waals surface area contributed by atoms with E-state index in [1.165, 1.54) is 11.1 Å². The van der Waals surface area contributed by atoms with Crippen molar-refractivity contribution in [1.29, 1.82) is 0 Å². The van der Waals surface area contributed by atoms with E-state index in [0.717, 1.165) is 26.6 Å². The zero-order valence-electron chi connectivity index (χ0n) is 19.7. The van der Waals surface area contributed by atoms with Crippen LogP contribution in [0.4, 0.5) is 16.4 Å². The lowest BCUT2D eigenvalue weighted by Gasteiger charge is -2.39. The number of fused-ring (bicyclic) bond motifs is 4. The maximum atomic E-state index is 13.3. The number of carbonyl (C=O) groups is 2. The number of hydrogen-bond donors (Lipinski definition) is 0. The molecule has 3 heterocycles. The average molecular weight is 488 g/mol. The summed E-state index contributed by atoms with van der Waals surface area (Å²) in [5, 5.41) is 1.92. The normalized spacial score (nSPS) is 16.9. The smallest absolute Gasteiger partial charge is 0.197 e. The Bertz CT molecular complexity index is 1700. The van der Waals surface area contributed by atoms with E-state index >= 15 is 0 Å². The van der Waals surface area contributed by atoms with Gasteiger partial charge in [-0.25, -0.2) is 0 Å². The third-order valence-electron chi connectivity index (χ3n) is 7.30. The first kappa shape index (κ1) is 21.1. The van der Waals surface area contributed by atoms with E-state index in [-0.39, 0.29) is 22.6 Å². The van der Waals surface area contributed by atoms with Gasteiger partial charge in [-0.2, -0.15) is 0 Å². The van der Waals surface area contributed by atoms with Crippen LogP contribution in [0.1, 0.15) is 50.6 Å². The molecule has 36 heavy (non-hydrogen) atoms. The molecule has 2 aromatic heterocycles. The van der Waals surface area contributed by atoms with Gasteiger partial charge in [0.2, 0.25) is 0 Å². The molecule has 0 saturated carbocycles. The van der Waals surface area contributed by atoms with Crippen LogP contribution in [0.25, 0.3) is 17.0 Å². The lowest BCUT2D eigenvalue weighted by atomic mass is 9.75. The maximum absolute atomic E-state index is 13.3. The Morgan fingerprint density at radius 3 is 2.36 bits per heavy atom. The lowest BCUT2D eigenvalue weighted by molar-refractivity contribution is 0.0990. The highest BCUT2D eigenvalue weighted by Crippen LogP contribution is 2.55. The predicted molar refractivity (Wildman–Crippen MR) is 144 cm³/mol. The Morgan fingerprint density at radius 1 is 0.833 bits per heavy atom. The van der Waals surface area contributed by atoms with Gasteiger partial charge in [0.1, 0.15) is 10.6 Å². The molecular weight excluding hydrogens is 466 g/mol. The largest absolute Gasteiger partial charge is 0.464 e. The monoisotopic (exact) mass is 487 g/mol. The highest BCUT2D eigenvalue weighted by atomic mass is 32.1. The Balaban J connectivity index is 1.39. The van der Waals surface area contributed by atoms with Gasteiger partial charge in [0.05, 0.1) is 17.5 Å². The number of allylic oxidation sites excluding steroid dienone is 1. The fraction of sp³-hybridized carbons (Fsp3) is 0.0968. The molecular formula is C31H21NO3S. The molecule has 4 nitrogen and oxygen atoms in total. The second-order valence-electron chi connectivity index (χ2n) is 9.75. The lowest BCUT2D eigenvalue weighted by Crippen LogP contribution is -2.29. The minimum Gasteiger partial charge on any atom is -0.464 e. The van der Waals surface area contributed by atoms with Crippen molar-refractivity contribution in [2.24, 2.45) is 0 Å². The summed E-state index contributed by atoms with van der Waals surface area (Å²) in [5.41, 5.74) is 6.07. The number of nitrogens with zero attached hydrogens (tertiary/aromatic N) is 1. The van der Waals surface area contributed by atoms with E-state index in [2.05, 4.69) is 61.2 Å². The highest BCUT2D eigenvalue weighted by molar-refractivity contribution is 7.17. The molecule has 2 aliphatic rings. The van der Waals surface area contributed by atoms with Crippen molar-refractivity contribution in [3.05, 3.63) is 118 Å². The topological polar surface area (TPSA) is 50.5 Å². The number of thiophene rings is 1. The molecule has 7 rings (SSSR count). The molecule has 1 aliphatic heterocycles. The van der Waals surface area contributed by atoms with Crippen LogP contribution in [0, 0.1) is 0 Å². The van der Waals surface area contributed by atoms with Gasteiger partial charge < -0.3 is 9.32 Å². The van der Waals surface area contributed by atoms with E-state index in [0.29, 0.717) is 16.7 Å². The zero-order chi connectivity index (χ0) is 24.6. The Morgan fingerprint density at radius 2 is 1.56 bits per heavy atom. The van der Waals surface area contributed by atoms with Crippen molar-refractivity contribution < 1.29 is 14.0 Å². The summed E-state index contributed by atoms with van der Waals surface area (Å²) in [7, 11) is 0. The summed E-state index contributed by atoms with van der Waals surface area (Å²) in [6.45, 7) is 4.46. The molecule has 0 unspecified atom stereocenters. The average Bonchev–Trinajstić information content (AvgIpc) is 3.58. The molecule has 0 fully saturated rings. The van der Waals surface area contributed by atoms with Crippen molar-refractivity contribution in [3.8, 4) is 0 Å². The molecule has 0 bridgehead atoms. The first-order valence-electron chi connectivity index (χ1n) is 11.8. The van der Waals surface area contributed by atoms with Crippen molar-refractivity contribution in [2.45, 2.75) is 19.3 Å². The first-order valence-corrected chi connectivity index (χ1v) is 12.7. The van der Waals surface area contributed by atoms with Crippen LogP contribution in [0.15, 0.2) is 95.1 Å². The minimum absolute atomic E-state index is 0.206. The molecule has 3 aromatic carbocycles. The fourth-order valence-electron chi connectivity index (χ4n) is 5.42. The van der Waals surface area contributed by atoms with E-state index in [1.807, 2.05) is 18.2 Å². The summed E-state index contributed by atoms with van der Waals surface area (Å²) < 4.78 is 5.46. The van der Waals surface area contributed by atoms with Gasteiger partial charge in [-0.15, -0.1) is 11.3 Å². The van der Waals surface area contributed by atoms with Gasteiger partial charge in [-0.3, -0.25) is 9.59 Å². The van der Waals surface area contributed by atoms with Crippen LogP contribution in [0.3, 0.4) is 0 Å². The number of benzene rings is 3. The predicted octanol–water partition coefficient (Wildman–Crippen LogP) is 8.07. The van der Waals surface area contributed by atoms with Crippen LogP contribution >= 0.6 is 11.3 Å². The Kier molecular flexibility index (Phi) is 4.33. The van der Waals surface area contributed by atoms with Gasteiger partial charge in [-0.1, -0.05) is 50.2 Å². The Labute approximate surface area is 212 Å². The van der Waals surface area contributed by atoms with Crippen LogP contribution in [0.5, 0.6) is 0 Å². The molecule has 174 valence electrons. The van der Waals surface area contributed by atoms with E-state index in [9.17, 15) is 9.59 Å². The van der Waals surface area contributed by atoms with Crippen LogP contribution < -0.4 is 4.90 Å². The third kappa shape index (κ3) is 2.87. The quantitative estimate of drug-likeness (QED) is 0.187. The molecule has 0 atom stereocenters. The summed E-state index contributed by atoms with van der Waals surface area (Å²) in [6.07, 6.45) is 3.33. The van der Waals surface area contributed by atoms with Gasteiger partial charge in [0, 0.05) is 32.5 Å². The standard InChI is InChI=1S/C31H21NO3S/c1-31(2)24-10-6-7-11-26(24)32(19-8-4-3-5-9-19)30-25(31)16-20(36-30)15-23-28(33)21-14-18-12-13-35-27(18)17-22(21)29(23)34/h3-17H,1-2H3/b23-15-. The number of Topliss-reactive ketones (excluding diaryl/α,β-unsaturated/α-hetero) is 2. The molecule has 0 amide bonds. The SMILES string of the molecule is CC1(C)c2ccccc2N(c2ccccc2)c2sc(/C=C3/C(=O)c4cc5ccoc5cc4C3=O)cc21. The molecule has 0 N–H and O–H groups in total.